The molecule has 1 aliphatic heterocycles. The zero-order chi connectivity index (χ0) is 15.4. The van der Waals surface area contributed by atoms with Gasteiger partial charge in [0, 0.05) is 24.2 Å². The van der Waals surface area contributed by atoms with Crippen molar-refractivity contribution >= 4 is 5.69 Å². The molecule has 22 heavy (non-hydrogen) atoms. The van der Waals surface area contributed by atoms with Crippen LogP contribution in [0.3, 0.4) is 0 Å². The monoisotopic (exact) mass is 295 g/mol. The van der Waals surface area contributed by atoms with E-state index in [1.54, 1.807) is 7.11 Å². The van der Waals surface area contributed by atoms with Crippen LogP contribution in [0.1, 0.15) is 31.7 Å². The number of para-hydroxylation sites is 1. The van der Waals surface area contributed by atoms with Crippen molar-refractivity contribution in [2.24, 2.45) is 0 Å². The zero-order valence-corrected chi connectivity index (χ0v) is 13.6. The van der Waals surface area contributed by atoms with Crippen molar-refractivity contribution in [3.05, 3.63) is 60.2 Å². The maximum atomic E-state index is 5.44. The highest BCUT2D eigenvalue weighted by Crippen LogP contribution is 2.41. The largest absolute Gasteiger partial charge is 0.497 e. The summed E-state index contributed by atoms with van der Waals surface area (Å²) in [4.78, 5) is 2.52. The number of hydrogen-bond donors (Lipinski definition) is 0. The van der Waals surface area contributed by atoms with Crippen LogP contribution in [0.25, 0.3) is 0 Å². The number of ether oxygens (including phenoxy) is 1. The molecular formula is C20H25NO. The summed E-state index contributed by atoms with van der Waals surface area (Å²) in [6.07, 6.45) is 3.65. The maximum absolute atomic E-state index is 5.44. The van der Waals surface area contributed by atoms with Crippen LogP contribution >= 0.6 is 0 Å². The highest BCUT2D eigenvalue weighted by molar-refractivity contribution is 5.50. The predicted molar refractivity (Wildman–Crippen MR) is 92.9 cm³/mol. The van der Waals surface area contributed by atoms with Gasteiger partial charge in [-0.25, -0.2) is 0 Å². The van der Waals surface area contributed by atoms with E-state index in [0.29, 0.717) is 0 Å². The van der Waals surface area contributed by atoms with Crippen LogP contribution in [0.2, 0.25) is 0 Å². The Hall–Kier alpha value is -1.96. The number of methoxy groups -OCH3 is 1. The number of hydrogen-bond acceptors (Lipinski definition) is 2. The molecule has 2 heteroatoms. The van der Waals surface area contributed by atoms with E-state index in [0.717, 1.165) is 18.8 Å². The van der Waals surface area contributed by atoms with Gasteiger partial charge in [-0.1, -0.05) is 43.7 Å². The van der Waals surface area contributed by atoms with Crippen LogP contribution in [-0.4, -0.2) is 20.2 Å². The second kappa shape index (κ2) is 6.43. The Morgan fingerprint density at radius 2 is 1.91 bits per heavy atom. The molecule has 0 spiro atoms. The van der Waals surface area contributed by atoms with E-state index in [2.05, 4.69) is 60.4 Å². The minimum atomic E-state index is 0.249. The Kier molecular flexibility index (Phi) is 4.37. The molecular weight excluding hydrogens is 270 g/mol. The molecule has 1 unspecified atom stereocenters. The van der Waals surface area contributed by atoms with Crippen LogP contribution in [0.15, 0.2) is 54.6 Å². The number of anilines is 1. The van der Waals surface area contributed by atoms with Crippen molar-refractivity contribution in [1.82, 2.24) is 0 Å². The van der Waals surface area contributed by atoms with E-state index in [1.807, 2.05) is 6.07 Å². The van der Waals surface area contributed by atoms with Crippen molar-refractivity contribution in [2.45, 2.75) is 31.6 Å². The summed E-state index contributed by atoms with van der Waals surface area (Å²) in [5, 5.41) is 0. The van der Waals surface area contributed by atoms with E-state index < -0.39 is 0 Å². The van der Waals surface area contributed by atoms with Crippen LogP contribution in [0.4, 0.5) is 5.69 Å². The molecule has 3 rings (SSSR count). The van der Waals surface area contributed by atoms with Gasteiger partial charge in [0.2, 0.25) is 0 Å². The molecule has 0 amide bonds. The molecule has 0 saturated carbocycles. The first-order chi connectivity index (χ1) is 10.8. The first-order valence-corrected chi connectivity index (χ1v) is 8.22. The number of rotatable bonds is 5. The minimum Gasteiger partial charge on any atom is -0.497 e. The normalized spacial score (nSPS) is 21.1. The molecule has 0 radical (unpaired) electrons. The van der Waals surface area contributed by atoms with E-state index in [9.17, 15) is 0 Å². The van der Waals surface area contributed by atoms with E-state index in [-0.39, 0.29) is 5.41 Å². The average Bonchev–Trinajstić information content (AvgIpc) is 3.02. The first-order valence-electron chi connectivity index (χ1n) is 8.22. The van der Waals surface area contributed by atoms with Gasteiger partial charge in [0.15, 0.2) is 0 Å². The van der Waals surface area contributed by atoms with Gasteiger partial charge in [0.25, 0.3) is 0 Å². The van der Waals surface area contributed by atoms with Gasteiger partial charge in [-0.2, -0.15) is 0 Å². The average molecular weight is 295 g/mol. The quantitative estimate of drug-likeness (QED) is 0.796. The first kappa shape index (κ1) is 15.0. The fourth-order valence-electron chi connectivity index (χ4n) is 3.75. The van der Waals surface area contributed by atoms with E-state index in [4.69, 9.17) is 4.74 Å². The van der Waals surface area contributed by atoms with Gasteiger partial charge in [-0.3, -0.25) is 0 Å². The Bertz CT molecular complexity index is 610. The lowest BCUT2D eigenvalue weighted by Gasteiger charge is -2.30. The Balaban J connectivity index is 1.90. The smallest absolute Gasteiger partial charge is 0.119 e. The summed E-state index contributed by atoms with van der Waals surface area (Å²) < 4.78 is 5.44. The molecule has 0 bridgehead atoms. The Labute approximate surface area is 133 Å². The molecule has 1 aliphatic rings. The molecule has 2 aromatic rings. The molecule has 1 saturated heterocycles. The molecule has 0 aromatic heterocycles. The van der Waals surface area contributed by atoms with Crippen molar-refractivity contribution in [3.8, 4) is 5.75 Å². The van der Waals surface area contributed by atoms with Gasteiger partial charge in [0.05, 0.1) is 7.11 Å². The summed E-state index contributed by atoms with van der Waals surface area (Å²) in [7, 11) is 1.75. The van der Waals surface area contributed by atoms with Gasteiger partial charge in [0.1, 0.15) is 5.75 Å². The lowest BCUT2D eigenvalue weighted by Crippen LogP contribution is -2.31. The SMILES string of the molecule is CCCC1(c2cccc(OC)c2)CCN(c2ccccc2)C1. The summed E-state index contributed by atoms with van der Waals surface area (Å²) in [5.74, 6) is 0.964. The Morgan fingerprint density at radius 3 is 2.64 bits per heavy atom. The second-order valence-electron chi connectivity index (χ2n) is 6.27. The summed E-state index contributed by atoms with van der Waals surface area (Å²) >= 11 is 0. The van der Waals surface area contributed by atoms with Gasteiger partial charge in [-0.05, 0) is 42.7 Å². The van der Waals surface area contributed by atoms with Crippen molar-refractivity contribution in [1.29, 1.82) is 0 Å². The summed E-state index contributed by atoms with van der Waals surface area (Å²) in [5.41, 5.74) is 3.01. The summed E-state index contributed by atoms with van der Waals surface area (Å²) in [6.45, 7) is 4.51. The predicted octanol–water partition coefficient (Wildman–Crippen LogP) is 4.64. The second-order valence-corrected chi connectivity index (χ2v) is 6.27. The fraction of sp³-hybridized carbons (Fsp3) is 0.400. The molecule has 2 aromatic carbocycles. The lowest BCUT2D eigenvalue weighted by atomic mass is 9.76. The summed E-state index contributed by atoms with van der Waals surface area (Å²) in [6, 6.07) is 19.4. The van der Waals surface area contributed by atoms with Crippen LogP contribution < -0.4 is 9.64 Å². The number of benzene rings is 2. The maximum Gasteiger partial charge on any atom is 0.119 e. The van der Waals surface area contributed by atoms with Gasteiger partial charge < -0.3 is 9.64 Å². The molecule has 2 nitrogen and oxygen atoms in total. The Morgan fingerprint density at radius 1 is 1.09 bits per heavy atom. The van der Waals surface area contributed by atoms with E-state index in [1.165, 1.54) is 30.5 Å². The molecule has 1 heterocycles. The van der Waals surface area contributed by atoms with E-state index >= 15 is 0 Å². The third-order valence-electron chi connectivity index (χ3n) is 4.89. The zero-order valence-electron chi connectivity index (χ0n) is 13.6. The topological polar surface area (TPSA) is 12.5 Å². The molecule has 1 atom stereocenters. The third-order valence-corrected chi connectivity index (χ3v) is 4.89. The molecule has 116 valence electrons. The standard InChI is InChI=1S/C20H25NO/c1-3-12-20(17-8-7-11-19(15-17)22-2)13-14-21(16-20)18-9-5-4-6-10-18/h4-11,15H,3,12-14,16H2,1-2H3. The van der Waals surface area contributed by atoms with Crippen molar-refractivity contribution in [2.75, 3.05) is 25.1 Å². The lowest BCUT2D eigenvalue weighted by molar-refractivity contribution is 0.404. The highest BCUT2D eigenvalue weighted by Gasteiger charge is 2.39. The van der Waals surface area contributed by atoms with Crippen LogP contribution in [0.5, 0.6) is 5.75 Å². The van der Waals surface area contributed by atoms with Gasteiger partial charge in [-0.15, -0.1) is 0 Å². The molecule has 0 N–H and O–H groups in total. The number of nitrogens with zero attached hydrogens (tertiary/aromatic N) is 1. The van der Waals surface area contributed by atoms with Crippen molar-refractivity contribution in [3.63, 3.8) is 0 Å². The van der Waals surface area contributed by atoms with Crippen LogP contribution in [0, 0.1) is 0 Å². The van der Waals surface area contributed by atoms with Crippen molar-refractivity contribution < 1.29 is 4.74 Å². The molecule has 1 fully saturated rings. The highest BCUT2D eigenvalue weighted by atomic mass is 16.5. The minimum absolute atomic E-state index is 0.249. The molecule has 0 aliphatic carbocycles. The van der Waals surface area contributed by atoms with Gasteiger partial charge >= 0.3 is 0 Å². The van der Waals surface area contributed by atoms with Crippen LogP contribution in [-0.2, 0) is 5.41 Å². The fourth-order valence-corrected chi connectivity index (χ4v) is 3.75. The third kappa shape index (κ3) is 2.83.